The highest BCUT2D eigenvalue weighted by Gasteiger charge is 2.01. The SMILES string of the molecule is C=CC/N=C/C(=C/NCc1ccccc1)C(=N)OC. The van der Waals surface area contributed by atoms with Gasteiger partial charge in [0.25, 0.3) is 0 Å². The average molecular weight is 257 g/mol. The fourth-order valence-corrected chi connectivity index (χ4v) is 1.38. The lowest BCUT2D eigenvalue weighted by Gasteiger charge is -2.05. The number of hydrogen-bond acceptors (Lipinski definition) is 4. The lowest BCUT2D eigenvalue weighted by molar-refractivity contribution is 0.401. The standard InChI is InChI=1S/C15H19N3O/c1-3-9-17-11-14(15(16)19-2)12-18-10-13-7-5-4-6-8-13/h3-8,11-12,16,18H,1,9-10H2,2H3/b14-12-,16-15?,17-11+. The van der Waals surface area contributed by atoms with Crippen LogP contribution in [0.5, 0.6) is 0 Å². The minimum absolute atomic E-state index is 0.0772. The Hall–Kier alpha value is -2.36. The molecule has 0 heterocycles. The Morgan fingerprint density at radius 3 is 2.79 bits per heavy atom. The third-order valence-corrected chi connectivity index (χ3v) is 2.34. The van der Waals surface area contributed by atoms with Crippen LogP contribution in [0.15, 0.2) is 59.8 Å². The smallest absolute Gasteiger partial charge is 0.215 e. The van der Waals surface area contributed by atoms with E-state index >= 15 is 0 Å². The summed E-state index contributed by atoms with van der Waals surface area (Å²) < 4.78 is 4.90. The number of hydrogen-bond donors (Lipinski definition) is 2. The Morgan fingerprint density at radius 1 is 1.42 bits per heavy atom. The maximum Gasteiger partial charge on any atom is 0.215 e. The topological polar surface area (TPSA) is 57.5 Å². The van der Waals surface area contributed by atoms with Crippen LogP contribution < -0.4 is 5.32 Å². The molecule has 0 bridgehead atoms. The monoisotopic (exact) mass is 257 g/mol. The first-order chi connectivity index (χ1) is 9.27. The summed E-state index contributed by atoms with van der Waals surface area (Å²) in [6.45, 7) is 4.80. The van der Waals surface area contributed by atoms with Gasteiger partial charge in [-0.25, -0.2) is 0 Å². The molecule has 4 nitrogen and oxygen atoms in total. The Morgan fingerprint density at radius 2 is 2.16 bits per heavy atom. The van der Waals surface area contributed by atoms with Crippen LogP contribution in [0.2, 0.25) is 0 Å². The van der Waals surface area contributed by atoms with Crippen LogP contribution in [-0.2, 0) is 11.3 Å². The fraction of sp³-hybridized carbons (Fsp3) is 0.200. The molecule has 0 saturated carbocycles. The third kappa shape index (κ3) is 5.68. The predicted octanol–water partition coefficient (Wildman–Crippen LogP) is 2.54. The van der Waals surface area contributed by atoms with Gasteiger partial charge in [-0.15, -0.1) is 6.58 Å². The lowest BCUT2D eigenvalue weighted by atomic mass is 10.2. The second kappa shape index (κ2) is 8.69. The number of nitrogens with one attached hydrogen (secondary N) is 2. The lowest BCUT2D eigenvalue weighted by Crippen LogP contribution is -2.12. The molecule has 0 fully saturated rings. The first-order valence-electron chi connectivity index (χ1n) is 5.99. The van der Waals surface area contributed by atoms with E-state index in [2.05, 4.69) is 16.9 Å². The van der Waals surface area contributed by atoms with Gasteiger partial charge in [-0.1, -0.05) is 36.4 Å². The van der Waals surface area contributed by atoms with E-state index in [1.807, 2.05) is 30.3 Å². The van der Waals surface area contributed by atoms with Crippen LogP contribution >= 0.6 is 0 Å². The molecule has 0 amide bonds. The number of rotatable bonds is 7. The summed E-state index contributed by atoms with van der Waals surface area (Å²) in [6, 6.07) is 10.0. The van der Waals surface area contributed by atoms with E-state index in [4.69, 9.17) is 10.1 Å². The first kappa shape index (κ1) is 14.7. The second-order valence-electron chi connectivity index (χ2n) is 3.78. The van der Waals surface area contributed by atoms with E-state index in [9.17, 15) is 0 Å². The molecular formula is C15H19N3O. The summed E-state index contributed by atoms with van der Waals surface area (Å²) in [5, 5.41) is 10.8. The van der Waals surface area contributed by atoms with Crippen molar-refractivity contribution in [1.82, 2.24) is 5.32 Å². The van der Waals surface area contributed by atoms with Crippen molar-refractivity contribution in [1.29, 1.82) is 5.41 Å². The molecule has 0 saturated heterocycles. The molecule has 0 aliphatic rings. The number of ether oxygens (including phenoxy) is 1. The Labute approximate surface area is 114 Å². The molecule has 4 heteroatoms. The van der Waals surface area contributed by atoms with Gasteiger partial charge in [-0.2, -0.15) is 0 Å². The molecule has 0 aliphatic carbocycles. The minimum atomic E-state index is 0.0772. The molecular weight excluding hydrogens is 238 g/mol. The molecule has 0 spiro atoms. The van der Waals surface area contributed by atoms with Crippen LogP contribution in [0.3, 0.4) is 0 Å². The van der Waals surface area contributed by atoms with Crippen LogP contribution in [0.1, 0.15) is 5.56 Å². The normalized spacial score (nSPS) is 11.3. The maximum absolute atomic E-state index is 7.67. The Balaban J connectivity index is 2.61. The van der Waals surface area contributed by atoms with Crippen LogP contribution in [-0.4, -0.2) is 25.8 Å². The summed E-state index contributed by atoms with van der Waals surface area (Å²) >= 11 is 0. The highest BCUT2D eigenvalue weighted by atomic mass is 16.5. The quantitative estimate of drug-likeness (QED) is 0.448. The van der Waals surface area contributed by atoms with Crippen LogP contribution in [0.4, 0.5) is 0 Å². The van der Waals surface area contributed by atoms with Crippen molar-refractivity contribution in [3.8, 4) is 0 Å². The van der Waals surface area contributed by atoms with Gasteiger partial charge in [0.15, 0.2) is 0 Å². The zero-order valence-electron chi connectivity index (χ0n) is 11.1. The number of aliphatic imine (C=N–C) groups is 1. The van der Waals surface area contributed by atoms with E-state index in [0.717, 1.165) is 0 Å². The molecule has 100 valence electrons. The maximum atomic E-state index is 7.67. The highest BCUT2D eigenvalue weighted by Crippen LogP contribution is 1.99. The summed E-state index contributed by atoms with van der Waals surface area (Å²) in [5.41, 5.74) is 1.77. The van der Waals surface area contributed by atoms with Crippen molar-refractivity contribution >= 4 is 12.1 Å². The highest BCUT2D eigenvalue weighted by molar-refractivity contribution is 6.10. The van der Waals surface area contributed by atoms with Crippen molar-refractivity contribution < 1.29 is 4.74 Å². The van der Waals surface area contributed by atoms with E-state index in [1.54, 1.807) is 18.5 Å². The second-order valence-corrected chi connectivity index (χ2v) is 3.78. The summed E-state index contributed by atoms with van der Waals surface area (Å²) in [6.07, 6.45) is 5.03. The van der Waals surface area contributed by atoms with Gasteiger partial charge >= 0.3 is 0 Å². The van der Waals surface area contributed by atoms with Crippen LogP contribution in [0, 0.1) is 5.41 Å². The van der Waals surface area contributed by atoms with Crippen LogP contribution in [0.25, 0.3) is 0 Å². The van der Waals surface area contributed by atoms with Gasteiger partial charge in [0.05, 0.1) is 19.2 Å². The third-order valence-electron chi connectivity index (χ3n) is 2.34. The van der Waals surface area contributed by atoms with Gasteiger partial charge in [-0.3, -0.25) is 10.4 Å². The molecule has 2 N–H and O–H groups in total. The van der Waals surface area contributed by atoms with E-state index in [-0.39, 0.29) is 5.90 Å². The van der Waals surface area contributed by atoms with Gasteiger partial charge in [0.2, 0.25) is 5.90 Å². The molecule has 1 aromatic rings. The zero-order chi connectivity index (χ0) is 13.9. The minimum Gasteiger partial charge on any atom is -0.481 e. The van der Waals surface area contributed by atoms with Crippen molar-refractivity contribution in [3.63, 3.8) is 0 Å². The van der Waals surface area contributed by atoms with Crippen molar-refractivity contribution in [2.24, 2.45) is 4.99 Å². The summed E-state index contributed by atoms with van der Waals surface area (Å²) in [5.74, 6) is 0.0772. The Kier molecular flexibility index (Phi) is 6.72. The Bertz CT molecular complexity index is 464. The van der Waals surface area contributed by atoms with E-state index in [1.165, 1.54) is 12.7 Å². The van der Waals surface area contributed by atoms with Gasteiger partial charge in [0, 0.05) is 19.0 Å². The van der Waals surface area contributed by atoms with Crippen molar-refractivity contribution in [2.45, 2.75) is 6.54 Å². The molecule has 1 aromatic carbocycles. The molecule has 0 radical (unpaired) electrons. The van der Waals surface area contributed by atoms with Crippen molar-refractivity contribution in [2.75, 3.05) is 13.7 Å². The molecule has 0 atom stereocenters. The largest absolute Gasteiger partial charge is 0.481 e. The molecule has 0 unspecified atom stereocenters. The zero-order valence-corrected chi connectivity index (χ0v) is 11.1. The predicted molar refractivity (Wildman–Crippen MR) is 79.7 cm³/mol. The number of benzene rings is 1. The molecule has 1 rings (SSSR count). The molecule has 19 heavy (non-hydrogen) atoms. The molecule has 0 aromatic heterocycles. The fourth-order valence-electron chi connectivity index (χ4n) is 1.38. The van der Waals surface area contributed by atoms with E-state index < -0.39 is 0 Å². The average Bonchev–Trinajstić information content (AvgIpc) is 2.46. The van der Waals surface area contributed by atoms with E-state index in [0.29, 0.717) is 18.7 Å². The van der Waals surface area contributed by atoms with Gasteiger partial charge < -0.3 is 10.1 Å². The van der Waals surface area contributed by atoms with Gasteiger partial charge in [0.1, 0.15) is 0 Å². The summed E-state index contributed by atoms with van der Waals surface area (Å²) in [7, 11) is 1.47. The van der Waals surface area contributed by atoms with Crippen molar-refractivity contribution in [3.05, 3.63) is 60.3 Å². The number of nitrogens with zero attached hydrogens (tertiary/aromatic N) is 1. The summed E-state index contributed by atoms with van der Waals surface area (Å²) in [4.78, 5) is 4.11. The number of methoxy groups -OCH3 is 1. The first-order valence-corrected chi connectivity index (χ1v) is 5.99. The van der Waals surface area contributed by atoms with Gasteiger partial charge in [-0.05, 0) is 5.56 Å². The molecule has 0 aliphatic heterocycles.